The summed E-state index contributed by atoms with van der Waals surface area (Å²) in [5.74, 6) is 1.28. The lowest BCUT2D eigenvalue weighted by atomic mass is 9.88. The number of morpholine rings is 2. The molecule has 7 rings (SSSR count). The van der Waals surface area contributed by atoms with E-state index in [9.17, 15) is 4.79 Å². The fourth-order valence-electron chi connectivity index (χ4n) is 6.22. The quantitative estimate of drug-likeness (QED) is 0.360. The zero-order chi connectivity index (χ0) is 28.6. The number of nitrogens with one attached hydrogen (secondary N) is 1. The van der Waals surface area contributed by atoms with E-state index in [4.69, 9.17) is 29.2 Å². The number of hydrogen-bond donors (Lipinski definition) is 1. The molecule has 2 saturated heterocycles. The maximum Gasteiger partial charge on any atom is 0.328 e. The first kappa shape index (κ1) is 26.7. The lowest BCUT2D eigenvalue weighted by Crippen LogP contribution is -2.50. The normalized spacial score (nSPS) is 21.0. The number of rotatable bonds is 5. The van der Waals surface area contributed by atoms with Crippen LogP contribution in [-0.2, 0) is 25.4 Å². The van der Waals surface area contributed by atoms with Gasteiger partial charge >= 0.3 is 5.97 Å². The Morgan fingerprint density at radius 1 is 0.857 bits per heavy atom. The molecule has 11 nitrogen and oxygen atoms in total. The molecule has 5 heterocycles. The summed E-state index contributed by atoms with van der Waals surface area (Å²) in [6, 6.07) is 15.7. The topological polar surface area (TPSA) is 109 Å². The second-order valence-electron chi connectivity index (χ2n) is 11.0. The molecule has 0 amide bonds. The summed E-state index contributed by atoms with van der Waals surface area (Å²) in [7, 11) is 1.44. The number of benzene rings is 2. The van der Waals surface area contributed by atoms with Crippen molar-refractivity contribution in [3.05, 3.63) is 70.9 Å². The van der Waals surface area contributed by atoms with Gasteiger partial charge in [-0.15, -0.1) is 0 Å². The summed E-state index contributed by atoms with van der Waals surface area (Å²) in [5, 5.41) is 1.11. The van der Waals surface area contributed by atoms with Gasteiger partial charge in [0.25, 0.3) is 0 Å². The first-order chi connectivity index (χ1) is 20.6. The third-order valence-corrected chi connectivity index (χ3v) is 8.42. The van der Waals surface area contributed by atoms with Gasteiger partial charge in [0, 0.05) is 49.2 Å². The molecule has 11 heteroatoms. The Kier molecular flexibility index (Phi) is 7.12. The first-order valence-corrected chi connectivity index (χ1v) is 14.5. The number of para-hydroxylation sites is 1. The third-order valence-electron chi connectivity index (χ3n) is 8.42. The minimum atomic E-state index is -0.648. The summed E-state index contributed by atoms with van der Waals surface area (Å²) in [5.41, 5.74) is 5.36. The molecule has 2 fully saturated rings. The predicted molar refractivity (Wildman–Crippen MR) is 159 cm³/mol. The van der Waals surface area contributed by atoms with E-state index in [-0.39, 0.29) is 12.0 Å². The number of H-pyrrole nitrogens is 1. The van der Waals surface area contributed by atoms with Gasteiger partial charge in [-0.1, -0.05) is 48.0 Å². The molecule has 2 aromatic carbocycles. The summed E-state index contributed by atoms with van der Waals surface area (Å²) < 4.78 is 16.7. The number of carbonyl (C=O) groups is 1. The van der Waals surface area contributed by atoms with Crippen molar-refractivity contribution in [1.82, 2.24) is 19.9 Å². The molecule has 218 valence electrons. The van der Waals surface area contributed by atoms with Crippen LogP contribution in [0.5, 0.6) is 0 Å². The number of esters is 1. The molecule has 1 N–H and O–H groups in total. The van der Waals surface area contributed by atoms with Crippen LogP contribution in [0.3, 0.4) is 0 Å². The Balaban J connectivity index is 1.44. The van der Waals surface area contributed by atoms with Gasteiger partial charge in [0.1, 0.15) is 6.04 Å². The smallest absolute Gasteiger partial charge is 0.328 e. The van der Waals surface area contributed by atoms with Crippen molar-refractivity contribution in [2.45, 2.75) is 25.4 Å². The van der Waals surface area contributed by atoms with Crippen LogP contribution in [0.4, 0.5) is 17.8 Å². The number of carbonyl (C=O) groups excluding carboxylic acids is 1. The van der Waals surface area contributed by atoms with Gasteiger partial charge in [-0.2, -0.15) is 15.0 Å². The number of aromatic nitrogens is 4. The summed E-state index contributed by atoms with van der Waals surface area (Å²) >= 11 is 0. The van der Waals surface area contributed by atoms with E-state index < -0.39 is 6.04 Å². The van der Waals surface area contributed by atoms with Gasteiger partial charge in [-0.05, 0) is 24.1 Å². The first-order valence-electron chi connectivity index (χ1n) is 14.5. The SMILES string of the molecule is COC(=O)C1Cc2c([nH]c3ccccc23)C(c2ccc(C)cc2)N1c1nc(N2CCOCC2)nc(N2CCOCC2)n1. The average molecular weight is 570 g/mol. The highest BCUT2D eigenvalue weighted by Crippen LogP contribution is 2.43. The van der Waals surface area contributed by atoms with Crippen LogP contribution < -0.4 is 14.7 Å². The molecule has 2 unspecified atom stereocenters. The molecule has 4 aromatic rings. The predicted octanol–water partition coefficient (Wildman–Crippen LogP) is 3.03. The molecule has 42 heavy (non-hydrogen) atoms. The van der Waals surface area contributed by atoms with E-state index in [0.717, 1.165) is 33.3 Å². The van der Waals surface area contributed by atoms with Gasteiger partial charge in [-0.3, -0.25) is 0 Å². The fraction of sp³-hybridized carbons (Fsp3) is 0.419. The van der Waals surface area contributed by atoms with Crippen molar-refractivity contribution >= 4 is 34.7 Å². The van der Waals surface area contributed by atoms with Crippen molar-refractivity contribution in [2.75, 3.05) is 74.4 Å². The van der Waals surface area contributed by atoms with Gasteiger partial charge in [0.15, 0.2) is 0 Å². The van der Waals surface area contributed by atoms with Crippen LogP contribution in [0.15, 0.2) is 48.5 Å². The molecule has 0 aliphatic carbocycles. The van der Waals surface area contributed by atoms with Crippen LogP contribution in [0.1, 0.15) is 28.4 Å². The number of aryl methyl sites for hydroxylation is 1. The van der Waals surface area contributed by atoms with Crippen LogP contribution in [0.25, 0.3) is 10.9 Å². The minimum Gasteiger partial charge on any atom is -0.467 e. The van der Waals surface area contributed by atoms with Crippen LogP contribution >= 0.6 is 0 Å². The Labute approximate surface area is 244 Å². The van der Waals surface area contributed by atoms with Gasteiger partial charge in [0.2, 0.25) is 17.8 Å². The number of aromatic amines is 1. The third kappa shape index (κ3) is 4.82. The van der Waals surface area contributed by atoms with E-state index in [1.807, 2.05) is 17.0 Å². The molecule has 0 bridgehead atoms. The summed E-state index contributed by atoms with van der Waals surface area (Å²) in [4.78, 5) is 38.6. The van der Waals surface area contributed by atoms with Crippen LogP contribution in [0.2, 0.25) is 0 Å². The molecule has 3 aliphatic heterocycles. The Morgan fingerprint density at radius 2 is 1.45 bits per heavy atom. The van der Waals surface area contributed by atoms with E-state index >= 15 is 0 Å². The van der Waals surface area contributed by atoms with Crippen molar-refractivity contribution in [3.8, 4) is 0 Å². The average Bonchev–Trinajstić information content (AvgIpc) is 3.43. The molecular weight excluding hydrogens is 534 g/mol. The number of hydrogen-bond acceptors (Lipinski definition) is 10. The monoisotopic (exact) mass is 569 g/mol. The maximum atomic E-state index is 13.6. The highest BCUT2D eigenvalue weighted by Gasteiger charge is 2.43. The number of anilines is 3. The van der Waals surface area contributed by atoms with Crippen LogP contribution in [-0.4, -0.2) is 91.7 Å². The van der Waals surface area contributed by atoms with E-state index in [1.54, 1.807) is 0 Å². The van der Waals surface area contributed by atoms with Gasteiger partial charge in [-0.25, -0.2) is 4.79 Å². The Bertz CT molecular complexity index is 1540. The van der Waals surface area contributed by atoms with Crippen molar-refractivity contribution < 1.29 is 19.0 Å². The van der Waals surface area contributed by atoms with Crippen molar-refractivity contribution in [3.63, 3.8) is 0 Å². The highest BCUT2D eigenvalue weighted by atomic mass is 16.5. The lowest BCUT2D eigenvalue weighted by Gasteiger charge is -2.41. The second kappa shape index (κ2) is 11.2. The maximum absolute atomic E-state index is 13.6. The van der Waals surface area contributed by atoms with Crippen molar-refractivity contribution in [1.29, 1.82) is 0 Å². The number of fused-ring (bicyclic) bond motifs is 3. The van der Waals surface area contributed by atoms with E-state index in [2.05, 4.69) is 58.1 Å². The van der Waals surface area contributed by atoms with E-state index in [1.165, 1.54) is 7.11 Å². The molecule has 0 radical (unpaired) electrons. The standard InChI is InChI=1S/C31H35N7O4/c1-20-7-9-21(10-8-20)27-26-23(22-5-3-4-6-24(22)32-26)19-25(28(39)40-2)38(27)31-34-29(36-11-15-41-16-12-36)33-30(35-31)37-13-17-42-18-14-37/h3-10,25,27,32H,11-19H2,1-2H3. The lowest BCUT2D eigenvalue weighted by molar-refractivity contribution is -0.142. The zero-order valence-corrected chi connectivity index (χ0v) is 24.0. The highest BCUT2D eigenvalue weighted by molar-refractivity contribution is 5.89. The van der Waals surface area contributed by atoms with Gasteiger partial charge in [0.05, 0.1) is 39.6 Å². The molecular formula is C31H35N7O4. The molecule has 3 aliphatic rings. The summed E-state index contributed by atoms with van der Waals surface area (Å²) in [6.07, 6.45) is 0.458. The molecule has 2 aromatic heterocycles. The summed E-state index contributed by atoms with van der Waals surface area (Å²) in [6.45, 7) is 7.21. The second-order valence-corrected chi connectivity index (χ2v) is 11.0. The van der Waals surface area contributed by atoms with Crippen LogP contribution in [0, 0.1) is 6.92 Å². The molecule has 0 spiro atoms. The fourth-order valence-corrected chi connectivity index (χ4v) is 6.22. The number of methoxy groups -OCH3 is 1. The van der Waals surface area contributed by atoms with Crippen molar-refractivity contribution in [2.24, 2.45) is 0 Å². The molecule has 0 saturated carbocycles. The largest absolute Gasteiger partial charge is 0.467 e. The molecule has 2 atom stereocenters. The Hall–Kier alpha value is -4.22. The minimum absolute atomic E-state index is 0.329. The number of ether oxygens (including phenoxy) is 3. The van der Waals surface area contributed by atoms with Gasteiger partial charge < -0.3 is 33.9 Å². The number of nitrogens with zero attached hydrogens (tertiary/aromatic N) is 6. The van der Waals surface area contributed by atoms with E-state index in [0.29, 0.717) is 76.9 Å². The zero-order valence-electron chi connectivity index (χ0n) is 24.0. The Morgan fingerprint density at radius 3 is 2.07 bits per heavy atom.